The number of likely N-dealkylation sites (tertiary alicyclic amines) is 1. The van der Waals surface area contributed by atoms with E-state index in [2.05, 4.69) is 34.1 Å². The number of ether oxygens (including phenoxy) is 4. The molecule has 0 aliphatic carbocycles. The van der Waals surface area contributed by atoms with Crippen molar-refractivity contribution in [3.63, 3.8) is 0 Å². The van der Waals surface area contributed by atoms with Crippen LogP contribution < -0.4 is 14.5 Å². The molecule has 4 aliphatic heterocycles. The Morgan fingerprint density at radius 3 is 2.66 bits per heavy atom. The maximum atomic E-state index is 13.2. The van der Waals surface area contributed by atoms with E-state index in [1.54, 1.807) is 16.8 Å². The van der Waals surface area contributed by atoms with Crippen molar-refractivity contribution in [2.45, 2.75) is 95.9 Å². The van der Waals surface area contributed by atoms with Gasteiger partial charge in [-0.1, -0.05) is 35.9 Å². The molecule has 4 aliphatic rings. The van der Waals surface area contributed by atoms with Crippen LogP contribution in [0.25, 0.3) is 10.8 Å². The molecule has 0 radical (unpaired) electrons. The second kappa shape index (κ2) is 15.5. The first-order valence-corrected chi connectivity index (χ1v) is 19.0. The first kappa shape index (κ1) is 37.0. The molecule has 0 N–H and O–H groups in total. The van der Waals surface area contributed by atoms with Crippen LogP contribution in [-0.4, -0.2) is 108 Å². The fourth-order valence-electron chi connectivity index (χ4n) is 7.77. The minimum Gasteiger partial charge on any atom is -0.461 e. The quantitative estimate of drug-likeness (QED) is 0.281. The maximum Gasteiger partial charge on any atom is 0.410 e. The molecule has 3 aromatic rings. The summed E-state index contributed by atoms with van der Waals surface area (Å²) in [5.41, 5.74) is 2.20. The van der Waals surface area contributed by atoms with Gasteiger partial charge in [0.25, 0.3) is 0 Å². The Kier molecular flexibility index (Phi) is 10.8. The third kappa shape index (κ3) is 8.10. The summed E-state index contributed by atoms with van der Waals surface area (Å²) in [6.45, 7) is 8.77. The number of amides is 2. The van der Waals surface area contributed by atoms with Gasteiger partial charge in [-0.2, -0.15) is 15.2 Å². The van der Waals surface area contributed by atoms with Crippen molar-refractivity contribution in [2.24, 2.45) is 0 Å². The lowest BCUT2D eigenvalue weighted by molar-refractivity contribution is -0.193. The standard InChI is InChI=1S/C39H48ClN7O6/c1-39(2,3)53-38(49)47-19-18-46(22-26(47)14-16-41)36-27-15-17-45(30-12-8-10-25-9-7-11-28(40)35(25)30)23-29(27)42-37(43-36)51-24-31-32(21-33(48)44(31)4)52-34-13-5-6-20-50-34/h7-12,26,31-32,34H,5-6,13-15,17-24H2,1-4H3/t26-,31+,32?,34?/m0/s1. The van der Waals surface area contributed by atoms with Crippen molar-refractivity contribution in [3.8, 4) is 12.1 Å². The molecular weight excluding hydrogens is 698 g/mol. The summed E-state index contributed by atoms with van der Waals surface area (Å²) in [7, 11) is 1.77. The first-order valence-electron chi connectivity index (χ1n) is 18.6. The van der Waals surface area contributed by atoms with Crippen LogP contribution in [0.3, 0.4) is 0 Å². The molecule has 3 saturated heterocycles. The van der Waals surface area contributed by atoms with Gasteiger partial charge in [0.2, 0.25) is 5.91 Å². The van der Waals surface area contributed by atoms with Crippen LogP contribution in [0.2, 0.25) is 5.02 Å². The van der Waals surface area contributed by atoms with E-state index in [0.29, 0.717) is 50.8 Å². The average molecular weight is 746 g/mol. The number of halogens is 1. The summed E-state index contributed by atoms with van der Waals surface area (Å²) in [6, 6.07) is 13.8. The van der Waals surface area contributed by atoms with Crippen molar-refractivity contribution in [2.75, 3.05) is 56.2 Å². The summed E-state index contributed by atoms with van der Waals surface area (Å²) >= 11 is 6.76. The third-order valence-electron chi connectivity index (χ3n) is 10.5. The largest absolute Gasteiger partial charge is 0.461 e. The zero-order chi connectivity index (χ0) is 37.3. The number of carbonyl (C=O) groups is 2. The van der Waals surface area contributed by atoms with Gasteiger partial charge in [-0.15, -0.1) is 0 Å². The molecule has 13 nitrogen and oxygen atoms in total. The normalized spacial score (nSPS) is 23.6. The Bertz CT molecular complexity index is 1870. The maximum absolute atomic E-state index is 13.2. The molecule has 3 fully saturated rings. The Labute approximate surface area is 315 Å². The number of carbonyl (C=O) groups excluding carboxylic acids is 2. The number of anilines is 2. The SMILES string of the molecule is CN1C(=O)CC(OC2CCCCO2)[C@H]1COc1nc2c(c(N3CCN(C(=O)OC(C)(C)C)[C@@H](CC#N)C3)n1)CCN(c1cccc3cccc(Cl)c13)C2. The Morgan fingerprint density at radius 2 is 1.91 bits per heavy atom. The van der Waals surface area contributed by atoms with Crippen LogP contribution in [0.5, 0.6) is 6.01 Å². The molecule has 0 spiro atoms. The van der Waals surface area contributed by atoms with E-state index >= 15 is 0 Å². The first-order chi connectivity index (χ1) is 25.5. The van der Waals surface area contributed by atoms with Crippen LogP contribution in [0.15, 0.2) is 36.4 Å². The van der Waals surface area contributed by atoms with E-state index in [-0.39, 0.29) is 49.8 Å². The number of fused-ring (bicyclic) bond motifs is 2. The fourth-order valence-corrected chi connectivity index (χ4v) is 8.05. The van der Waals surface area contributed by atoms with Crippen molar-refractivity contribution in [1.82, 2.24) is 19.8 Å². The monoisotopic (exact) mass is 745 g/mol. The molecule has 0 bridgehead atoms. The lowest BCUT2D eigenvalue weighted by Crippen LogP contribution is -2.56. The number of nitrogens with zero attached hydrogens (tertiary/aromatic N) is 7. The fraction of sp³-hybridized carbons (Fsp3) is 0.564. The highest BCUT2D eigenvalue weighted by molar-refractivity contribution is 6.36. The second-order valence-electron chi connectivity index (χ2n) is 15.2. The number of hydrogen-bond acceptors (Lipinski definition) is 11. The summed E-state index contributed by atoms with van der Waals surface area (Å²) in [4.78, 5) is 43.8. The molecule has 2 unspecified atom stereocenters. The zero-order valence-corrected chi connectivity index (χ0v) is 31.7. The van der Waals surface area contributed by atoms with Crippen LogP contribution in [0.4, 0.5) is 16.3 Å². The molecule has 7 rings (SSSR count). The van der Waals surface area contributed by atoms with Crippen LogP contribution >= 0.6 is 11.6 Å². The van der Waals surface area contributed by atoms with Gasteiger partial charge in [-0.05, 0) is 64.0 Å². The minimum absolute atomic E-state index is 0.0118. The van der Waals surface area contributed by atoms with Gasteiger partial charge >= 0.3 is 12.1 Å². The average Bonchev–Trinajstić information content (AvgIpc) is 3.40. The predicted molar refractivity (Wildman–Crippen MR) is 200 cm³/mol. The third-order valence-corrected chi connectivity index (χ3v) is 10.8. The smallest absolute Gasteiger partial charge is 0.410 e. The number of aromatic nitrogens is 2. The summed E-state index contributed by atoms with van der Waals surface area (Å²) < 4.78 is 24.2. The topological polar surface area (TPSA) is 134 Å². The Morgan fingerprint density at radius 1 is 1.09 bits per heavy atom. The van der Waals surface area contributed by atoms with E-state index in [9.17, 15) is 14.9 Å². The van der Waals surface area contributed by atoms with Crippen LogP contribution in [0, 0.1) is 11.3 Å². The van der Waals surface area contributed by atoms with Gasteiger partial charge in [0.15, 0.2) is 6.29 Å². The van der Waals surface area contributed by atoms with Crippen molar-refractivity contribution in [1.29, 1.82) is 5.26 Å². The van der Waals surface area contributed by atoms with Gasteiger partial charge in [0.05, 0.1) is 54.4 Å². The second-order valence-corrected chi connectivity index (χ2v) is 15.6. The Balaban J connectivity index is 1.19. The van der Waals surface area contributed by atoms with Gasteiger partial charge in [0.1, 0.15) is 18.0 Å². The van der Waals surface area contributed by atoms with Crippen molar-refractivity contribution in [3.05, 3.63) is 52.7 Å². The summed E-state index contributed by atoms with van der Waals surface area (Å²) in [5, 5.41) is 12.5. The highest BCUT2D eigenvalue weighted by atomic mass is 35.5. The number of likely N-dealkylation sites (N-methyl/N-ethyl adjacent to an activating group) is 1. The summed E-state index contributed by atoms with van der Waals surface area (Å²) in [5.74, 6) is 0.717. The highest BCUT2D eigenvalue weighted by Crippen LogP contribution is 2.38. The summed E-state index contributed by atoms with van der Waals surface area (Å²) in [6.07, 6.45) is 2.75. The minimum atomic E-state index is -0.658. The number of nitriles is 1. The number of piperazine rings is 1. The van der Waals surface area contributed by atoms with E-state index in [4.69, 9.17) is 40.5 Å². The van der Waals surface area contributed by atoms with E-state index in [0.717, 1.165) is 52.8 Å². The molecule has 2 amide bonds. The number of hydrogen-bond donors (Lipinski definition) is 0. The molecule has 2 aromatic carbocycles. The molecule has 1 aromatic heterocycles. The van der Waals surface area contributed by atoms with Gasteiger partial charge < -0.3 is 38.5 Å². The molecule has 53 heavy (non-hydrogen) atoms. The van der Waals surface area contributed by atoms with E-state index < -0.39 is 17.7 Å². The van der Waals surface area contributed by atoms with Gasteiger partial charge in [0, 0.05) is 56.5 Å². The predicted octanol–water partition coefficient (Wildman–Crippen LogP) is 5.71. The Hall–Kier alpha value is -4.38. The van der Waals surface area contributed by atoms with Crippen molar-refractivity contribution >= 4 is 45.9 Å². The van der Waals surface area contributed by atoms with Crippen molar-refractivity contribution < 1.29 is 28.5 Å². The zero-order valence-electron chi connectivity index (χ0n) is 30.9. The number of benzene rings is 2. The van der Waals surface area contributed by atoms with Gasteiger partial charge in [-0.3, -0.25) is 4.79 Å². The molecule has 5 heterocycles. The van der Waals surface area contributed by atoms with E-state index in [1.165, 1.54) is 0 Å². The van der Waals surface area contributed by atoms with E-state index in [1.807, 2.05) is 39.0 Å². The van der Waals surface area contributed by atoms with Gasteiger partial charge in [-0.25, -0.2) is 4.79 Å². The van der Waals surface area contributed by atoms with Crippen LogP contribution in [0.1, 0.15) is 64.1 Å². The molecule has 4 atom stereocenters. The molecular formula is C39H48ClN7O6. The molecule has 282 valence electrons. The number of rotatable bonds is 8. The lowest BCUT2D eigenvalue weighted by Gasteiger charge is -2.42. The highest BCUT2D eigenvalue weighted by Gasteiger charge is 2.41. The molecule has 0 saturated carbocycles. The lowest BCUT2D eigenvalue weighted by atomic mass is 10.0. The molecule has 14 heteroatoms. The van der Waals surface area contributed by atoms with Crippen LogP contribution in [-0.2, 0) is 32.0 Å².